The van der Waals surface area contributed by atoms with Gasteiger partial charge in [0.15, 0.2) is 17.6 Å². The molecule has 5 heteroatoms. The zero-order valence-electron chi connectivity index (χ0n) is 18.0. The van der Waals surface area contributed by atoms with Crippen molar-refractivity contribution in [2.75, 3.05) is 14.2 Å². The Labute approximate surface area is 178 Å². The zero-order valence-corrected chi connectivity index (χ0v) is 18.0. The smallest absolute Gasteiger partial charge is 0.261 e. The quantitative estimate of drug-likeness (QED) is 0.524. The van der Waals surface area contributed by atoms with Crippen LogP contribution in [-0.2, 0) is 4.79 Å². The summed E-state index contributed by atoms with van der Waals surface area (Å²) in [7, 11) is 3.21. The number of rotatable bonds is 9. The lowest BCUT2D eigenvalue weighted by atomic mass is 10.0. The third-order valence-corrected chi connectivity index (χ3v) is 5.20. The Morgan fingerprint density at radius 3 is 2.27 bits per heavy atom. The average molecular weight is 408 g/mol. The second-order valence-corrected chi connectivity index (χ2v) is 7.11. The summed E-state index contributed by atoms with van der Waals surface area (Å²) < 4.78 is 16.7. The second-order valence-electron chi connectivity index (χ2n) is 7.11. The molecule has 1 N–H and O–H groups in total. The van der Waals surface area contributed by atoms with E-state index in [2.05, 4.69) is 11.4 Å². The molecule has 2 atom stereocenters. The Morgan fingerprint density at radius 2 is 1.60 bits per heavy atom. The van der Waals surface area contributed by atoms with Crippen LogP contribution in [0.25, 0.3) is 10.8 Å². The highest BCUT2D eigenvalue weighted by Crippen LogP contribution is 2.31. The molecule has 0 radical (unpaired) electrons. The van der Waals surface area contributed by atoms with Crippen LogP contribution in [0.5, 0.6) is 17.2 Å². The first-order valence-corrected chi connectivity index (χ1v) is 10.3. The van der Waals surface area contributed by atoms with E-state index in [4.69, 9.17) is 14.2 Å². The van der Waals surface area contributed by atoms with Crippen molar-refractivity contribution in [1.29, 1.82) is 0 Å². The number of carbonyl (C=O) groups excluding carboxylic acids is 1. The van der Waals surface area contributed by atoms with Crippen LogP contribution in [0.2, 0.25) is 0 Å². The maximum absolute atomic E-state index is 13.0. The molecule has 0 heterocycles. The summed E-state index contributed by atoms with van der Waals surface area (Å²) in [5.74, 6) is 1.86. The van der Waals surface area contributed by atoms with Gasteiger partial charge in [-0.15, -0.1) is 0 Å². The lowest BCUT2D eigenvalue weighted by Crippen LogP contribution is -2.39. The van der Waals surface area contributed by atoms with Crippen LogP contribution < -0.4 is 19.5 Å². The fourth-order valence-corrected chi connectivity index (χ4v) is 3.48. The first-order valence-electron chi connectivity index (χ1n) is 10.3. The van der Waals surface area contributed by atoms with Crippen molar-refractivity contribution in [3.63, 3.8) is 0 Å². The van der Waals surface area contributed by atoms with Gasteiger partial charge in [0, 0.05) is 0 Å². The van der Waals surface area contributed by atoms with Crippen molar-refractivity contribution in [3.8, 4) is 17.2 Å². The number of methoxy groups -OCH3 is 2. The number of fused-ring (bicyclic) bond motifs is 1. The number of nitrogens with one attached hydrogen (secondary N) is 1. The van der Waals surface area contributed by atoms with Crippen molar-refractivity contribution in [1.82, 2.24) is 5.32 Å². The first-order chi connectivity index (χ1) is 14.6. The molecule has 0 aromatic heterocycles. The number of benzene rings is 3. The minimum absolute atomic E-state index is 0.132. The van der Waals surface area contributed by atoms with E-state index in [1.165, 1.54) is 0 Å². The van der Waals surface area contributed by atoms with E-state index < -0.39 is 6.10 Å². The highest BCUT2D eigenvalue weighted by atomic mass is 16.5. The van der Waals surface area contributed by atoms with E-state index in [-0.39, 0.29) is 11.9 Å². The van der Waals surface area contributed by atoms with Crippen molar-refractivity contribution in [2.24, 2.45) is 0 Å². The molecule has 0 saturated heterocycles. The topological polar surface area (TPSA) is 56.8 Å². The molecule has 0 bridgehead atoms. The van der Waals surface area contributed by atoms with Crippen molar-refractivity contribution >= 4 is 16.7 Å². The summed E-state index contributed by atoms with van der Waals surface area (Å²) in [5, 5.41) is 5.35. The Kier molecular flexibility index (Phi) is 7.17. The SMILES string of the molecule is CCC(Oc1ccc2ccccc2c1)C(=O)NC(CC)c1ccc(OC)c(OC)c1. The zero-order chi connectivity index (χ0) is 21.5. The van der Waals surface area contributed by atoms with Gasteiger partial charge in [-0.1, -0.05) is 50.2 Å². The van der Waals surface area contributed by atoms with Crippen molar-refractivity contribution in [3.05, 3.63) is 66.2 Å². The van der Waals surface area contributed by atoms with Gasteiger partial charge in [-0.3, -0.25) is 4.79 Å². The molecule has 2 unspecified atom stereocenters. The van der Waals surface area contributed by atoms with E-state index in [1.807, 2.05) is 68.4 Å². The molecule has 158 valence electrons. The normalized spacial score (nSPS) is 12.8. The number of hydrogen-bond acceptors (Lipinski definition) is 4. The molecular weight excluding hydrogens is 378 g/mol. The van der Waals surface area contributed by atoms with Crippen LogP contribution in [0, 0.1) is 0 Å². The third-order valence-electron chi connectivity index (χ3n) is 5.20. The molecule has 3 rings (SSSR count). The van der Waals surface area contributed by atoms with Crippen LogP contribution in [0.15, 0.2) is 60.7 Å². The van der Waals surface area contributed by atoms with E-state index in [0.717, 1.165) is 22.8 Å². The fraction of sp³-hybridized carbons (Fsp3) is 0.320. The molecule has 0 aliphatic heterocycles. The number of amides is 1. The van der Waals surface area contributed by atoms with E-state index in [0.29, 0.717) is 23.7 Å². The van der Waals surface area contributed by atoms with Gasteiger partial charge < -0.3 is 19.5 Å². The van der Waals surface area contributed by atoms with Gasteiger partial charge in [0.2, 0.25) is 0 Å². The minimum atomic E-state index is -0.569. The van der Waals surface area contributed by atoms with Gasteiger partial charge in [0.05, 0.1) is 20.3 Å². The third kappa shape index (κ3) is 4.85. The van der Waals surface area contributed by atoms with Crippen LogP contribution in [0.3, 0.4) is 0 Å². The summed E-state index contributed by atoms with van der Waals surface area (Å²) >= 11 is 0. The summed E-state index contributed by atoms with van der Waals surface area (Å²) in [5.41, 5.74) is 0.962. The monoisotopic (exact) mass is 407 g/mol. The maximum Gasteiger partial charge on any atom is 0.261 e. The van der Waals surface area contributed by atoms with Crippen molar-refractivity contribution < 1.29 is 19.0 Å². The standard InChI is InChI=1S/C25H29NO4/c1-5-21(19-12-14-23(28-3)24(16-19)29-4)26-25(27)22(6-2)30-20-13-11-17-9-7-8-10-18(17)15-20/h7-16,21-22H,5-6H2,1-4H3,(H,26,27). The highest BCUT2D eigenvalue weighted by molar-refractivity contribution is 5.84. The molecule has 5 nitrogen and oxygen atoms in total. The molecule has 0 fully saturated rings. The van der Waals surface area contributed by atoms with Gasteiger partial charge in [-0.05, 0) is 53.4 Å². The molecular formula is C25H29NO4. The highest BCUT2D eigenvalue weighted by Gasteiger charge is 2.22. The first kappa shape index (κ1) is 21.5. The maximum atomic E-state index is 13.0. The number of hydrogen-bond donors (Lipinski definition) is 1. The average Bonchev–Trinajstić information content (AvgIpc) is 2.80. The van der Waals surface area contributed by atoms with E-state index >= 15 is 0 Å². The summed E-state index contributed by atoms with van der Waals surface area (Å²) in [6, 6.07) is 19.5. The molecule has 3 aromatic rings. The van der Waals surface area contributed by atoms with Gasteiger partial charge in [-0.25, -0.2) is 0 Å². The molecule has 1 amide bonds. The van der Waals surface area contributed by atoms with E-state index in [9.17, 15) is 4.79 Å². The van der Waals surface area contributed by atoms with Gasteiger partial charge in [-0.2, -0.15) is 0 Å². The van der Waals surface area contributed by atoms with Crippen LogP contribution >= 0.6 is 0 Å². The summed E-state index contributed by atoms with van der Waals surface area (Å²) in [6.45, 7) is 3.98. The molecule has 0 aliphatic carbocycles. The molecule has 30 heavy (non-hydrogen) atoms. The number of carbonyl (C=O) groups is 1. The second kappa shape index (κ2) is 10.0. The predicted octanol–water partition coefficient (Wildman–Crippen LogP) is 5.28. The van der Waals surface area contributed by atoms with Crippen molar-refractivity contribution in [2.45, 2.75) is 38.8 Å². The summed E-state index contributed by atoms with van der Waals surface area (Å²) in [6.07, 6.45) is 0.745. The van der Waals surface area contributed by atoms with Gasteiger partial charge in [0.25, 0.3) is 5.91 Å². The molecule has 3 aromatic carbocycles. The molecule has 0 spiro atoms. The fourth-order valence-electron chi connectivity index (χ4n) is 3.48. The van der Waals surface area contributed by atoms with Gasteiger partial charge >= 0.3 is 0 Å². The Bertz CT molecular complexity index is 1000. The Hall–Kier alpha value is -3.21. The molecule has 0 saturated carbocycles. The van der Waals surface area contributed by atoms with Crippen LogP contribution in [0.4, 0.5) is 0 Å². The van der Waals surface area contributed by atoms with E-state index in [1.54, 1.807) is 14.2 Å². The minimum Gasteiger partial charge on any atom is -0.493 e. The number of ether oxygens (including phenoxy) is 3. The Balaban J connectivity index is 1.74. The largest absolute Gasteiger partial charge is 0.493 e. The van der Waals surface area contributed by atoms with Crippen LogP contribution in [0.1, 0.15) is 38.3 Å². The Morgan fingerprint density at radius 1 is 0.867 bits per heavy atom. The summed E-state index contributed by atoms with van der Waals surface area (Å²) in [4.78, 5) is 13.0. The van der Waals surface area contributed by atoms with Crippen LogP contribution in [-0.4, -0.2) is 26.2 Å². The lowest BCUT2D eigenvalue weighted by molar-refractivity contribution is -0.128. The lowest BCUT2D eigenvalue weighted by Gasteiger charge is -2.23. The predicted molar refractivity (Wildman–Crippen MR) is 119 cm³/mol. The molecule has 0 aliphatic rings. The van der Waals surface area contributed by atoms with Gasteiger partial charge in [0.1, 0.15) is 5.75 Å².